The number of hydrogen-bond acceptors (Lipinski definition) is 7. The average molecular weight is 564 g/mol. The van der Waals surface area contributed by atoms with Crippen LogP contribution in [0.3, 0.4) is 0 Å². The molecule has 15 heteroatoms. The van der Waals surface area contributed by atoms with E-state index in [1.54, 1.807) is 0 Å². The van der Waals surface area contributed by atoms with Gasteiger partial charge >= 0.3 is 6.18 Å². The lowest BCUT2D eigenvalue weighted by Crippen LogP contribution is -2.59. The molecular formula is C24H23F7N4O4. The van der Waals surface area contributed by atoms with Gasteiger partial charge in [-0.25, -0.2) is 27.5 Å². The van der Waals surface area contributed by atoms with Gasteiger partial charge in [-0.05, 0) is 6.92 Å². The molecular weight excluding hydrogens is 541 g/mol. The second-order valence-corrected chi connectivity index (χ2v) is 8.87. The molecule has 1 amide bonds. The Kier molecular flexibility index (Phi) is 8.18. The van der Waals surface area contributed by atoms with Gasteiger partial charge in [0.05, 0.1) is 35.9 Å². The first-order valence-electron chi connectivity index (χ1n) is 11.6. The van der Waals surface area contributed by atoms with Gasteiger partial charge in [0.1, 0.15) is 36.7 Å². The van der Waals surface area contributed by atoms with Crippen molar-refractivity contribution < 1.29 is 49.7 Å². The van der Waals surface area contributed by atoms with Crippen LogP contribution in [0, 0.1) is 12.7 Å². The molecule has 1 fully saturated rings. The molecule has 0 spiro atoms. The van der Waals surface area contributed by atoms with Crippen LogP contribution in [0.25, 0.3) is 0 Å². The molecule has 2 aliphatic heterocycles. The van der Waals surface area contributed by atoms with Gasteiger partial charge in [0, 0.05) is 18.6 Å². The number of carbonyl (C=O) groups is 1. The summed E-state index contributed by atoms with van der Waals surface area (Å²) in [6.45, 7) is -0.823. The maximum absolute atomic E-state index is 14.8. The number of ether oxygens (including phenoxy) is 3. The van der Waals surface area contributed by atoms with E-state index >= 15 is 0 Å². The Bertz CT molecular complexity index is 1230. The molecule has 4 rings (SSSR count). The molecule has 1 aromatic heterocycles. The molecule has 3 heterocycles. The number of anilines is 1. The van der Waals surface area contributed by atoms with Crippen molar-refractivity contribution in [2.45, 2.75) is 50.2 Å². The number of amides is 1. The van der Waals surface area contributed by atoms with Crippen molar-refractivity contribution in [1.82, 2.24) is 15.3 Å². The van der Waals surface area contributed by atoms with Gasteiger partial charge in [0.15, 0.2) is 5.54 Å². The lowest BCUT2D eigenvalue weighted by Gasteiger charge is -2.31. The average Bonchev–Trinajstić information content (AvgIpc) is 3.55. The second-order valence-electron chi connectivity index (χ2n) is 8.87. The topological polar surface area (TPSA) is 94.6 Å². The van der Waals surface area contributed by atoms with E-state index in [4.69, 9.17) is 14.2 Å². The highest BCUT2D eigenvalue weighted by atomic mass is 19.4. The monoisotopic (exact) mass is 564 g/mol. The minimum Gasteiger partial charge on any atom is -0.455 e. The van der Waals surface area contributed by atoms with Gasteiger partial charge < -0.3 is 24.8 Å². The number of nitrogens with one attached hydrogen (secondary N) is 2. The number of aromatic nitrogens is 2. The van der Waals surface area contributed by atoms with Crippen molar-refractivity contribution >= 4 is 11.7 Å². The Balaban J connectivity index is 1.69. The van der Waals surface area contributed by atoms with Crippen LogP contribution in [0.2, 0.25) is 0 Å². The van der Waals surface area contributed by atoms with Crippen LogP contribution < -0.4 is 10.6 Å². The van der Waals surface area contributed by atoms with E-state index in [0.717, 1.165) is 30.7 Å². The number of benzene rings is 1. The highest BCUT2D eigenvalue weighted by molar-refractivity contribution is 5.80. The molecule has 0 aliphatic carbocycles. The zero-order chi connectivity index (χ0) is 28.4. The molecule has 1 aromatic carbocycles. The molecule has 0 saturated carbocycles. The predicted octanol–water partition coefficient (Wildman–Crippen LogP) is 4.88. The lowest BCUT2D eigenvalue weighted by molar-refractivity contribution is -0.197. The van der Waals surface area contributed by atoms with Gasteiger partial charge in [-0.15, -0.1) is 0 Å². The Hall–Kier alpha value is -3.62. The summed E-state index contributed by atoms with van der Waals surface area (Å²) in [6.07, 6.45) is -8.11. The fourth-order valence-corrected chi connectivity index (χ4v) is 4.30. The minimum absolute atomic E-state index is 0.0177. The van der Waals surface area contributed by atoms with Crippen molar-refractivity contribution in [3.8, 4) is 0 Å². The standard InChI is InChI=1S/C24H23F7N4O4/c1-12-32-15(9-17(36)35-23(24(29,30)31)5-6-37-11-23)18(22-38-7-8-39-22)21(33-12)34-16(10-25)13-3-2-4-14(19(13)26)20(27)28/h2-4,7-8,16,20,22H,5-6,9-11H2,1H3,(H,35,36)(H,32,33,34)/t16-,23?/m1/s1. The van der Waals surface area contributed by atoms with Gasteiger partial charge in [0.25, 0.3) is 12.7 Å². The largest absolute Gasteiger partial charge is 0.455 e. The van der Waals surface area contributed by atoms with E-state index in [9.17, 15) is 35.5 Å². The summed E-state index contributed by atoms with van der Waals surface area (Å²) in [5.74, 6) is -2.55. The molecule has 0 bridgehead atoms. The molecule has 1 unspecified atom stereocenters. The third kappa shape index (κ3) is 5.87. The first kappa shape index (κ1) is 28.4. The highest BCUT2D eigenvalue weighted by Crippen LogP contribution is 2.38. The van der Waals surface area contributed by atoms with E-state index in [1.165, 1.54) is 6.92 Å². The van der Waals surface area contributed by atoms with Gasteiger partial charge in [-0.3, -0.25) is 4.79 Å². The van der Waals surface area contributed by atoms with Crippen molar-refractivity contribution in [3.63, 3.8) is 0 Å². The summed E-state index contributed by atoms with van der Waals surface area (Å²) in [5.41, 5.74) is -4.12. The minimum atomic E-state index is -4.79. The van der Waals surface area contributed by atoms with Crippen LogP contribution in [0.1, 0.15) is 53.4 Å². The van der Waals surface area contributed by atoms with Gasteiger partial charge in [-0.1, -0.05) is 18.2 Å². The summed E-state index contributed by atoms with van der Waals surface area (Å²) in [5, 5.41) is 4.62. The first-order valence-corrected chi connectivity index (χ1v) is 11.6. The molecule has 8 nitrogen and oxygen atoms in total. The zero-order valence-electron chi connectivity index (χ0n) is 20.3. The highest BCUT2D eigenvalue weighted by Gasteiger charge is 2.58. The van der Waals surface area contributed by atoms with Crippen molar-refractivity contribution in [1.29, 1.82) is 0 Å². The Morgan fingerprint density at radius 2 is 1.87 bits per heavy atom. The van der Waals surface area contributed by atoms with E-state index < -0.39 is 79.4 Å². The molecule has 0 radical (unpaired) electrons. The fraction of sp³-hybridized carbons (Fsp3) is 0.458. The molecule has 2 aliphatic rings. The maximum atomic E-state index is 14.8. The molecule has 1 saturated heterocycles. The van der Waals surface area contributed by atoms with Gasteiger partial charge in [-0.2, -0.15) is 13.2 Å². The van der Waals surface area contributed by atoms with Crippen molar-refractivity contribution in [2.24, 2.45) is 0 Å². The third-order valence-corrected chi connectivity index (χ3v) is 6.24. The summed E-state index contributed by atoms with van der Waals surface area (Å²) < 4.78 is 112. The smallest absolute Gasteiger partial charge is 0.413 e. The normalized spacial score (nSPS) is 20.1. The predicted molar refractivity (Wildman–Crippen MR) is 121 cm³/mol. The number of halogens is 7. The van der Waals surface area contributed by atoms with Crippen LogP contribution in [0.4, 0.5) is 36.6 Å². The molecule has 2 atom stereocenters. The fourth-order valence-electron chi connectivity index (χ4n) is 4.30. The van der Waals surface area contributed by atoms with Crippen molar-refractivity contribution in [3.05, 3.63) is 64.7 Å². The molecule has 212 valence electrons. The summed E-state index contributed by atoms with van der Waals surface area (Å²) in [7, 11) is 0. The summed E-state index contributed by atoms with van der Waals surface area (Å²) in [4.78, 5) is 21.2. The number of carbonyl (C=O) groups excluding carboxylic acids is 1. The Labute approximate surface area is 217 Å². The van der Waals surface area contributed by atoms with Crippen LogP contribution in [0.15, 0.2) is 30.7 Å². The van der Waals surface area contributed by atoms with Crippen LogP contribution in [-0.4, -0.2) is 47.5 Å². The number of nitrogens with zero attached hydrogens (tertiary/aromatic N) is 2. The van der Waals surface area contributed by atoms with E-state index in [0.29, 0.717) is 0 Å². The maximum Gasteiger partial charge on any atom is 0.413 e. The second kappa shape index (κ2) is 11.2. The number of aryl methyl sites for hydroxylation is 1. The SMILES string of the molecule is Cc1nc(CC(=O)NC2(C(F)(F)F)CCOC2)c(C2OC=CO2)c(N[C@H](CF)c2cccc(C(F)F)c2F)n1. The van der Waals surface area contributed by atoms with E-state index in [1.807, 2.05) is 5.32 Å². The number of rotatable bonds is 9. The first-order chi connectivity index (χ1) is 18.5. The van der Waals surface area contributed by atoms with E-state index in [-0.39, 0.29) is 29.5 Å². The Morgan fingerprint density at radius 3 is 2.46 bits per heavy atom. The van der Waals surface area contributed by atoms with Crippen LogP contribution in [0.5, 0.6) is 0 Å². The van der Waals surface area contributed by atoms with E-state index in [2.05, 4.69) is 15.3 Å². The van der Waals surface area contributed by atoms with Crippen LogP contribution in [-0.2, 0) is 25.4 Å². The number of hydrogen-bond donors (Lipinski definition) is 2. The van der Waals surface area contributed by atoms with Gasteiger partial charge in [0.2, 0.25) is 5.91 Å². The zero-order valence-corrected chi connectivity index (χ0v) is 20.3. The Morgan fingerprint density at radius 1 is 1.18 bits per heavy atom. The molecule has 2 aromatic rings. The molecule has 2 N–H and O–H groups in total. The van der Waals surface area contributed by atoms with Crippen LogP contribution >= 0.6 is 0 Å². The quantitative estimate of drug-likeness (QED) is 0.420. The number of alkyl halides is 6. The lowest BCUT2D eigenvalue weighted by atomic mass is 9.97. The summed E-state index contributed by atoms with van der Waals surface area (Å²) >= 11 is 0. The molecule has 39 heavy (non-hydrogen) atoms. The van der Waals surface area contributed by atoms with Crippen molar-refractivity contribution in [2.75, 3.05) is 25.2 Å². The summed E-state index contributed by atoms with van der Waals surface area (Å²) in [6, 6.07) is 1.61. The third-order valence-electron chi connectivity index (χ3n) is 6.24.